The highest BCUT2D eigenvalue weighted by atomic mass is 127. The second kappa shape index (κ2) is 9.94. The first-order valence-corrected chi connectivity index (χ1v) is 10.6. The molecule has 0 aliphatic rings. The Morgan fingerprint density at radius 3 is 2.50 bits per heavy atom. The first-order chi connectivity index (χ1) is 14.3. The molecule has 2 aromatic heterocycles. The molecule has 2 amide bonds. The largest absolute Gasteiger partial charge is 0.347 e. The minimum atomic E-state index is -0.487. The second-order valence-electron chi connectivity index (χ2n) is 6.36. The first kappa shape index (κ1) is 22.1. The van der Waals surface area contributed by atoms with Crippen molar-refractivity contribution in [2.75, 3.05) is 0 Å². The molecule has 0 radical (unpaired) electrons. The van der Waals surface area contributed by atoms with Crippen molar-refractivity contribution in [3.05, 3.63) is 82.5 Å². The topological polar surface area (TPSA) is 84.0 Å². The number of halogens is 3. The van der Waals surface area contributed by atoms with E-state index in [1.54, 1.807) is 42.6 Å². The molecule has 0 bridgehead atoms. The third kappa shape index (κ3) is 5.73. The van der Waals surface area contributed by atoms with Crippen LogP contribution < -0.4 is 10.6 Å². The summed E-state index contributed by atoms with van der Waals surface area (Å²) >= 11 is 7.88. The van der Waals surface area contributed by atoms with E-state index in [9.17, 15) is 14.0 Å². The zero-order valence-corrected chi connectivity index (χ0v) is 18.7. The molecule has 1 unspecified atom stereocenters. The molecule has 154 valence electrons. The number of nitrogens with one attached hydrogen (secondary N) is 2. The van der Waals surface area contributed by atoms with E-state index in [1.165, 1.54) is 12.1 Å². The number of amides is 2. The predicted molar refractivity (Wildman–Crippen MR) is 121 cm³/mol. The van der Waals surface area contributed by atoms with Gasteiger partial charge in [0.2, 0.25) is 0 Å². The average molecular weight is 539 g/mol. The highest BCUT2D eigenvalue weighted by Crippen LogP contribution is 2.23. The summed E-state index contributed by atoms with van der Waals surface area (Å²) in [4.78, 5) is 32.9. The number of nitrogens with zero attached hydrogens (tertiary/aromatic N) is 2. The maximum Gasteiger partial charge on any atom is 0.270 e. The van der Waals surface area contributed by atoms with Crippen LogP contribution in [-0.4, -0.2) is 25.8 Å². The molecule has 1 aromatic carbocycles. The normalized spacial score (nSPS) is 11.6. The molecule has 0 aliphatic carbocycles. The number of hydrogen-bond donors (Lipinski definition) is 2. The quantitative estimate of drug-likeness (QED) is 0.277. The number of pyridine rings is 2. The van der Waals surface area contributed by atoms with Crippen LogP contribution in [0.3, 0.4) is 0 Å². The molecule has 0 aliphatic heterocycles. The zero-order chi connectivity index (χ0) is 21.7. The van der Waals surface area contributed by atoms with E-state index < -0.39 is 11.7 Å². The van der Waals surface area contributed by atoms with E-state index in [0.717, 1.165) is 5.56 Å². The summed E-state index contributed by atoms with van der Waals surface area (Å²) in [5.74, 6) is -1.23. The molecule has 6 nitrogen and oxygen atoms in total. The molecule has 0 saturated carbocycles. The molecule has 0 saturated heterocycles. The Hall–Kier alpha value is -2.59. The molecule has 30 heavy (non-hydrogen) atoms. The van der Waals surface area contributed by atoms with Crippen molar-refractivity contribution in [3.63, 3.8) is 0 Å². The van der Waals surface area contributed by atoms with Crippen LogP contribution in [0, 0.1) is 5.82 Å². The van der Waals surface area contributed by atoms with E-state index in [4.69, 9.17) is 11.6 Å². The molecule has 2 N–H and O–H groups in total. The third-order valence-corrected chi connectivity index (χ3v) is 4.64. The fourth-order valence-electron chi connectivity index (χ4n) is 2.57. The van der Waals surface area contributed by atoms with Gasteiger partial charge in [0.15, 0.2) is 0 Å². The van der Waals surface area contributed by atoms with Gasteiger partial charge in [0.25, 0.3) is 11.8 Å². The van der Waals surface area contributed by atoms with E-state index in [-0.39, 0.29) is 32.9 Å². The van der Waals surface area contributed by atoms with Gasteiger partial charge in [-0.2, -0.15) is 0 Å². The van der Waals surface area contributed by atoms with Crippen molar-refractivity contribution < 1.29 is 14.0 Å². The molecular formula is C21H17ClFIN4O2. The van der Waals surface area contributed by atoms with Gasteiger partial charge in [-0.05, 0) is 48.9 Å². The van der Waals surface area contributed by atoms with Crippen LogP contribution in [0.15, 0.2) is 54.7 Å². The lowest BCUT2D eigenvalue weighted by molar-refractivity contribution is 0.0943. The van der Waals surface area contributed by atoms with Crippen molar-refractivity contribution in [1.82, 2.24) is 20.6 Å². The number of rotatable bonds is 6. The van der Waals surface area contributed by atoms with Crippen LogP contribution in [0.25, 0.3) is 11.3 Å². The molecule has 3 aromatic rings. The van der Waals surface area contributed by atoms with Crippen LogP contribution >= 0.6 is 34.2 Å². The fraction of sp³-hybridized carbons (Fsp3) is 0.143. The Kier molecular flexibility index (Phi) is 7.33. The van der Waals surface area contributed by atoms with E-state index >= 15 is 0 Å². The van der Waals surface area contributed by atoms with Crippen molar-refractivity contribution in [3.8, 4) is 11.3 Å². The Labute approximate surface area is 191 Å². The summed E-state index contributed by atoms with van der Waals surface area (Å²) in [5.41, 5.74) is 2.42. The monoisotopic (exact) mass is 538 g/mol. The molecule has 2 heterocycles. The fourth-order valence-corrected chi connectivity index (χ4v) is 3.03. The van der Waals surface area contributed by atoms with Gasteiger partial charge >= 0.3 is 0 Å². The van der Waals surface area contributed by atoms with Crippen LogP contribution in [0.2, 0.25) is 5.02 Å². The minimum absolute atomic E-state index is 0.0296. The Balaban J connectivity index is 1.63. The summed E-state index contributed by atoms with van der Waals surface area (Å²) in [7, 11) is 0. The van der Waals surface area contributed by atoms with E-state index in [2.05, 4.69) is 43.2 Å². The number of carbonyl (C=O) groups is 2. The van der Waals surface area contributed by atoms with Gasteiger partial charge in [-0.25, -0.2) is 9.37 Å². The standard InChI is InChI=1S/C21H17ClFIN4O2/c1-12(24)27-21(30)19-4-2-3-18(28-19)20(29)26-11-13-5-8-17(25-10-13)14-6-7-16(23)15(22)9-14/h2-10,12H,11H2,1H3,(H,26,29)(H,27,30). The summed E-state index contributed by atoms with van der Waals surface area (Å²) in [5, 5.41) is 5.51. The molecule has 9 heteroatoms. The van der Waals surface area contributed by atoms with Gasteiger partial charge in [0.1, 0.15) is 17.2 Å². The summed E-state index contributed by atoms with van der Waals surface area (Å²) in [6.45, 7) is 2.07. The lowest BCUT2D eigenvalue weighted by atomic mass is 10.1. The van der Waals surface area contributed by atoms with Crippen LogP contribution in [-0.2, 0) is 6.54 Å². The lowest BCUT2D eigenvalue weighted by Gasteiger charge is -2.09. The highest BCUT2D eigenvalue weighted by molar-refractivity contribution is 14.1. The van der Waals surface area contributed by atoms with Gasteiger partial charge in [0, 0.05) is 18.3 Å². The summed E-state index contributed by atoms with van der Waals surface area (Å²) < 4.78 is 13.2. The lowest BCUT2D eigenvalue weighted by Crippen LogP contribution is -2.30. The van der Waals surface area contributed by atoms with Crippen molar-refractivity contribution >= 4 is 46.0 Å². The number of aromatic nitrogens is 2. The predicted octanol–water partition coefficient (Wildman–Crippen LogP) is 4.38. The third-order valence-electron chi connectivity index (χ3n) is 4.04. The average Bonchev–Trinajstić information content (AvgIpc) is 2.74. The van der Waals surface area contributed by atoms with E-state index in [0.29, 0.717) is 11.3 Å². The molecule has 3 rings (SSSR count). The Morgan fingerprint density at radius 1 is 1.13 bits per heavy atom. The smallest absolute Gasteiger partial charge is 0.270 e. The van der Waals surface area contributed by atoms with Gasteiger partial charge in [-0.3, -0.25) is 14.6 Å². The van der Waals surface area contributed by atoms with Gasteiger partial charge < -0.3 is 10.6 Å². The van der Waals surface area contributed by atoms with Crippen LogP contribution in [0.4, 0.5) is 4.39 Å². The number of alkyl halides is 1. The maximum atomic E-state index is 13.3. The molecule has 0 spiro atoms. The number of benzene rings is 1. The second-order valence-corrected chi connectivity index (χ2v) is 8.64. The Bertz CT molecular complexity index is 1080. The summed E-state index contributed by atoms with van der Waals surface area (Å²) in [6, 6.07) is 12.7. The highest BCUT2D eigenvalue weighted by Gasteiger charge is 2.13. The first-order valence-electron chi connectivity index (χ1n) is 8.94. The van der Waals surface area contributed by atoms with E-state index in [1.807, 2.05) is 6.92 Å². The molecular weight excluding hydrogens is 522 g/mol. The van der Waals surface area contributed by atoms with Crippen LogP contribution in [0.5, 0.6) is 0 Å². The Morgan fingerprint density at radius 2 is 1.87 bits per heavy atom. The number of carbonyl (C=O) groups excluding carboxylic acids is 2. The van der Waals surface area contributed by atoms with Gasteiger partial charge in [-0.15, -0.1) is 0 Å². The van der Waals surface area contributed by atoms with Crippen molar-refractivity contribution in [2.24, 2.45) is 0 Å². The summed E-state index contributed by atoms with van der Waals surface area (Å²) in [6.07, 6.45) is 1.62. The van der Waals surface area contributed by atoms with Gasteiger partial charge in [-0.1, -0.05) is 46.3 Å². The van der Waals surface area contributed by atoms with Crippen molar-refractivity contribution in [2.45, 2.75) is 17.5 Å². The van der Waals surface area contributed by atoms with Crippen LogP contribution in [0.1, 0.15) is 33.5 Å². The SMILES string of the molecule is CC(I)NC(=O)c1cccc(C(=O)NCc2ccc(-c3ccc(F)c(Cl)c3)nc2)n1. The molecule has 0 fully saturated rings. The minimum Gasteiger partial charge on any atom is -0.347 e. The molecule has 1 atom stereocenters. The maximum absolute atomic E-state index is 13.3. The van der Waals surface area contributed by atoms with Crippen molar-refractivity contribution in [1.29, 1.82) is 0 Å². The van der Waals surface area contributed by atoms with Gasteiger partial charge in [0.05, 0.1) is 14.8 Å². The number of hydrogen-bond acceptors (Lipinski definition) is 4. The zero-order valence-electron chi connectivity index (χ0n) is 15.8.